The number of piperidine rings is 1. The normalized spacial score (nSPS) is 28.7. The van der Waals surface area contributed by atoms with Crippen molar-refractivity contribution in [2.45, 2.75) is 32.6 Å². The lowest BCUT2D eigenvalue weighted by Crippen LogP contribution is -2.41. The molecule has 2 heteroatoms. The van der Waals surface area contributed by atoms with Crippen molar-refractivity contribution in [3.63, 3.8) is 0 Å². The van der Waals surface area contributed by atoms with E-state index in [0.29, 0.717) is 5.41 Å². The second-order valence-electron chi connectivity index (χ2n) is 5.33. The zero-order valence-electron chi connectivity index (χ0n) is 9.76. The first-order chi connectivity index (χ1) is 6.74. The third-order valence-electron chi connectivity index (χ3n) is 4.09. The van der Waals surface area contributed by atoms with E-state index in [9.17, 15) is 0 Å². The Kier molecular flexibility index (Phi) is 3.13. The SMILES string of the molecule is CCCN1CCC2(CCN(C)C2)CC1. The molecule has 0 unspecified atom stereocenters. The maximum atomic E-state index is 2.64. The minimum Gasteiger partial charge on any atom is -0.306 e. The van der Waals surface area contributed by atoms with E-state index in [1.807, 2.05) is 0 Å². The number of rotatable bonds is 2. The topological polar surface area (TPSA) is 6.48 Å². The Morgan fingerprint density at radius 2 is 1.71 bits per heavy atom. The van der Waals surface area contributed by atoms with Gasteiger partial charge in [0.1, 0.15) is 0 Å². The van der Waals surface area contributed by atoms with Gasteiger partial charge in [-0.25, -0.2) is 0 Å². The first-order valence-corrected chi connectivity index (χ1v) is 6.15. The van der Waals surface area contributed by atoms with Crippen molar-refractivity contribution in [2.24, 2.45) is 5.41 Å². The van der Waals surface area contributed by atoms with Crippen LogP contribution < -0.4 is 0 Å². The van der Waals surface area contributed by atoms with Gasteiger partial charge in [-0.3, -0.25) is 0 Å². The summed E-state index contributed by atoms with van der Waals surface area (Å²) in [6, 6.07) is 0. The standard InChI is InChI=1S/C12H24N2/c1-3-7-14-9-5-12(6-10-14)4-8-13(2)11-12/h3-11H2,1-2H3. The molecule has 0 atom stereocenters. The summed E-state index contributed by atoms with van der Waals surface area (Å²) in [6.45, 7) is 8.98. The van der Waals surface area contributed by atoms with Crippen LogP contribution in [0.4, 0.5) is 0 Å². The number of hydrogen-bond donors (Lipinski definition) is 0. The van der Waals surface area contributed by atoms with E-state index in [2.05, 4.69) is 23.8 Å². The molecule has 0 radical (unpaired) electrons. The van der Waals surface area contributed by atoms with Gasteiger partial charge in [-0.05, 0) is 64.3 Å². The summed E-state index contributed by atoms with van der Waals surface area (Å²) < 4.78 is 0. The molecule has 14 heavy (non-hydrogen) atoms. The summed E-state index contributed by atoms with van der Waals surface area (Å²) in [5, 5.41) is 0. The molecule has 0 aromatic heterocycles. The average Bonchev–Trinajstić information content (AvgIpc) is 2.53. The van der Waals surface area contributed by atoms with Gasteiger partial charge in [-0.2, -0.15) is 0 Å². The van der Waals surface area contributed by atoms with Crippen LogP contribution in [0, 0.1) is 5.41 Å². The third-order valence-corrected chi connectivity index (χ3v) is 4.09. The second-order valence-corrected chi connectivity index (χ2v) is 5.33. The monoisotopic (exact) mass is 196 g/mol. The van der Waals surface area contributed by atoms with Crippen LogP contribution in [-0.4, -0.2) is 49.6 Å². The predicted molar refractivity (Wildman–Crippen MR) is 60.5 cm³/mol. The molecule has 82 valence electrons. The fraction of sp³-hybridized carbons (Fsp3) is 1.00. The van der Waals surface area contributed by atoms with E-state index in [0.717, 1.165) is 0 Å². The highest BCUT2D eigenvalue weighted by atomic mass is 15.2. The summed E-state index contributed by atoms with van der Waals surface area (Å²) in [4.78, 5) is 5.15. The zero-order valence-corrected chi connectivity index (χ0v) is 9.76. The van der Waals surface area contributed by atoms with E-state index < -0.39 is 0 Å². The Bertz CT molecular complexity index is 183. The molecule has 2 fully saturated rings. The van der Waals surface area contributed by atoms with Gasteiger partial charge in [0, 0.05) is 6.54 Å². The molecular formula is C12H24N2. The molecule has 2 saturated heterocycles. The molecule has 2 aliphatic heterocycles. The van der Waals surface area contributed by atoms with E-state index in [1.165, 1.54) is 58.4 Å². The molecule has 2 nitrogen and oxygen atoms in total. The first-order valence-electron chi connectivity index (χ1n) is 6.15. The second kappa shape index (κ2) is 4.19. The summed E-state index contributed by atoms with van der Waals surface area (Å²) in [5.41, 5.74) is 0.707. The van der Waals surface area contributed by atoms with Gasteiger partial charge in [-0.1, -0.05) is 6.92 Å². The minimum atomic E-state index is 0.707. The van der Waals surface area contributed by atoms with E-state index in [-0.39, 0.29) is 0 Å². The lowest BCUT2D eigenvalue weighted by atomic mass is 9.78. The van der Waals surface area contributed by atoms with Gasteiger partial charge in [0.2, 0.25) is 0 Å². The Hall–Kier alpha value is -0.0800. The van der Waals surface area contributed by atoms with Crippen molar-refractivity contribution in [3.8, 4) is 0 Å². The molecule has 0 aromatic carbocycles. The lowest BCUT2D eigenvalue weighted by molar-refractivity contribution is 0.111. The van der Waals surface area contributed by atoms with Crippen LogP contribution in [0.25, 0.3) is 0 Å². The summed E-state index contributed by atoms with van der Waals surface area (Å²) >= 11 is 0. The fourth-order valence-corrected chi connectivity index (χ4v) is 3.13. The van der Waals surface area contributed by atoms with Gasteiger partial charge in [0.05, 0.1) is 0 Å². The highest BCUT2D eigenvalue weighted by molar-refractivity contribution is 4.92. The van der Waals surface area contributed by atoms with Crippen molar-refractivity contribution in [3.05, 3.63) is 0 Å². The number of nitrogens with zero attached hydrogens (tertiary/aromatic N) is 2. The van der Waals surface area contributed by atoms with Crippen molar-refractivity contribution in [1.82, 2.24) is 9.80 Å². The number of likely N-dealkylation sites (tertiary alicyclic amines) is 2. The molecule has 0 aliphatic carbocycles. The molecular weight excluding hydrogens is 172 g/mol. The van der Waals surface area contributed by atoms with Crippen LogP contribution in [-0.2, 0) is 0 Å². The molecule has 0 bridgehead atoms. The van der Waals surface area contributed by atoms with Crippen LogP contribution in [0.1, 0.15) is 32.6 Å². The maximum Gasteiger partial charge on any atom is 0.00364 e. The average molecular weight is 196 g/mol. The molecule has 0 saturated carbocycles. The Labute approximate surface area is 88.3 Å². The van der Waals surface area contributed by atoms with Crippen LogP contribution in [0.15, 0.2) is 0 Å². The Morgan fingerprint density at radius 3 is 2.21 bits per heavy atom. The minimum absolute atomic E-state index is 0.707. The van der Waals surface area contributed by atoms with Crippen molar-refractivity contribution >= 4 is 0 Å². The van der Waals surface area contributed by atoms with Gasteiger partial charge >= 0.3 is 0 Å². The predicted octanol–water partition coefficient (Wildman–Crippen LogP) is 1.81. The fourth-order valence-electron chi connectivity index (χ4n) is 3.13. The quantitative estimate of drug-likeness (QED) is 0.664. The molecule has 2 rings (SSSR count). The van der Waals surface area contributed by atoms with Gasteiger partial charge in [-0.15, -0.1) is 0 Å². The molecule has 1 spiro atoms. The summed E-state index contributed by atoms with van der Waals surface area (Å²) in [7, 11) is 2.27. The molecule has 2 heterocycles. The highest BCUT2D eigenvalue weighted by Gasteiger charge is 2.38. The maximum absolute atomic E-state index is 2.64. The highest BCUT2D eigenvalue weighted by Crippen LogP contribution is 2.39. The summed E-state index contributed by atoms with van der Waals surface area (Å²) in [5.74, 6) is 0. The summed E-state index contributed by atoms with van der Waals surface area (Å²) in [6.07, 6.45) is 5.64. The van der Waals surface area contributed by atoms with E-state index in [4.69, 9.17) is 0 Å². The van der Waals surface area contributed by atoms with Crippen LogP contribution >= 0.6 is 0 Å². The van der Waals surface area contributed by atoms with Gasteiger partial charge < -0.3 is 9.80 Å². The first kappa shape index (κ1) is 10.4. The van der Waals surface area contributed by atoms with Crippen LogP contribution in [0.3, 0.4) is 0 Å². The molecule has 0 N–H and O–H groups in total. The molecule has 0 aromatic rings. The van der Waals surface area contributed by atoms with E-state index in [1.54, 1.807) is 0 Å². The third kappa shape index (κ3) is 2.12. The van der Waals surface area contributed by atoms with Crippen molar-refractivity contribution in [2.75, 3.05) is 39.8 Å². The van der Waals surface area contributed by atoms with Crippen LogP contribution in [0.2, 0.25) is 0 Å². The largest absolute Gasteiger partial charge is 0.306 e. The van der Waals surface area contributed by atoms with E-state index >= 15 is 0 Å². The molecule has 2 aliphatic rings. The molecule has 0 amide bonds. The Morgan fingerprint density at radius 1 is 1.07 bits per heavy atom. The van der Waals surface area contributed by atoms with Crippen molar-refractivity contribution < 1.29 is 0 Å². The van der Waals surface area contributed by atoms with Gasteiger partial charge in [0.15, 0.2) is 0 Å². The van der Waals surface area contributed by atoms with Gasteiger partial charge in [0.25, 0.3) is 0 Å². The van der Waals surface area contributed by atoms with Crippen LogP contribution in [0.5, 0.6) is 0 Å². The Balaban J connectivity index is 1.83. The zero-order chi connectivity index (χ0) is 10.0. The van der Waals surface area contributed by atoms with Crippen molar-refractivity contribution in [1.29, 1.82) is 0 Å². The lowest BCUT2D eigenvalue weighted by Gasteiger charge is -2.39. The smallest absolute Gasteiger partial charge is 0.00364 e. The number of hydrogen-bond acceptors (Lipinski definition) is 2.